The van der Waals surface area contributed by atoms with E-state index in [9.17, 15) is 13.2 Å². The molecule has 1 rings (SSSR count). The number of piperazine rings is 1. The van der Waals surface area contributed by atoms with E-state index in [0.29, 0.717) is 32.1 Å². The molecule has 1 aliphatic heterocycles. The van der Waals surface area contributed by atoms with Gasteiger partial charge in [-0.15, -0.1) is 0 Å². The van der Waals surface area contributed by atoms with Gasteiger partial charge < -0.3 is 20.3 Å². The minimum Gasteiger partial charge on any atom is -0.444 e. The lowest BCUT2D eigenvalue weighted by Gasteiger charge is -2.36. The third-order valence-corrected chi connectivity index (χ3v) is 3.92. The minimum absolute atomic E-state index is 0.0222. The molecule has 0 aromatic carbocycles. The van der Waals surface area contributed by atoms with E-state index in [2.05, 4.69) is 4.99 Å². The van der Waals surface area contributed by atoms with Crippen LogP contribution in [0.5, 0.6) is 0 Å². The van der Waals surface area contributed by atoms with Gasteiger partial charge in [0, 0.05) is 32.4 Å². The molecule has 0 unspecified atom stereocenters. The zero-order valence-electron chi connectivity index (χ0n) is 13.7. The number of carbonyl (C=O) groups excluding carboxylic acids is 1. The summed E-state index contributed by atoms with van der Waals surface area (Å²) in [5.41, 5.74) is 5.33. The topological polar surface area (TPSA) is 105 Å². The van der Waals surface area contributed by atoms with Crippen LogP contribution in [0, 0.1) is 0 Å². The number of nitrogens with zero attached hydrogens (tertiary/aromatic N) is 3. The largest absolute Gasteiger partial charge is 0.444 e. The van der Waals surface area contributed by atoms with Gasteiger partial charge >= 0.3 is 6.09 Å². The number of hydrogen-bond donors (Lipinski definition) is 1. The number of sulfone groups is 1. The molecule has 0 radical (unpaired) electrons. The SMILES string of the molecule is CC(C)(C)OC(=O)N1CCN(C(N)=NCCS(C)(=O)=O)CC1. The first kappa shape index (κ1) is 18.5. The average molecular weight is 334 g/mol. The molecule has 0 aromatic rings. The van der Waals surface area contributed by atoms with Gasteiger partial charge in [0.1, 0.15) is 15.4 Å². The Morgan fingerprint density at radius 3 is 2.14 bits per heavy atom. The highest BCUT2D eigenvalue weighted by Gasteiger charge is 2.26. The molecule has 1 saturated heterocycles. The van der Waals surface area contributed by atoms with E-state index in [1.165, 1.54) is 0 Å². The quantitative estimate of drug-likeness (QED) is 0.571. The second-order valence-corrected chi connectivity index (χ2v) is 8.58. The van der Waals surface area contributed by atoms with Crippen LogP contribution >= 0.6 is 0 Å². The summed E-state index contributed by atoms with van der Waals surface area (Å²) in [6, 6.07) is 0. The van der Waals surface area contributed by atoms with Crippen molar-refractivity contribution in [2.24, 2.45) is 10.7 Å². The van der Waals surface area contributed by atoms with Crippen LogP contribution in [-0.2, 0) is 14.6 Å². The zero-order valence-corrected chi connectivity index (χ0v) is 14.5. The van der Waals surface area contributed by atoms with Crippen LogP contribution in [0.4, 0.5) is 4.79 Å². The van der Waals surface area contributed by atoms with E-state index in [1.54, 1.807) is 4.90 Å². The summed E-state index contributed by atoms with van der Waals surface area (Å²) < 4.78 is 27.4. The molecule has 0 aromatic heterocycles. The average Bonchev–Trinajstić information content (AvgIpc) is 2.35. The molecule has 22 heavy (non-hydrogen) atoms. The third kappa shape index (κ3) is 6.97. The fourth-order valence-electron chi connectivity index (χ4n) is 1.87. The Kier molecular flexibility index (Phi) is 6.04. The molecule has 9 heteroatoms. The van der Waals surface area contributed by atoms with Gasteiger partial charge in [-0.1, -0.05) is 0 Å². The first-order valence-electron chi connectivity index (χ1n) is 7.18. The molecular weight excluding hydrogens is 308 g/mol. The molecule has 0 aliphatic carbocycles. The van der Waals surface area contributed by atoms with Crippen LogP contribution < -0.4 is 5.73 Å². The summed E-state index contributed by atoms with van der Waals surface area (Å²) in [7, 11) is -3.04. The fourth-order valence-corrected chi connectivity index (χ4v) is 2.29. The molecule has 1 fully saturated rings. The maximum Gasteiger partial charge on any atom is 0.410 e. The number of ether oxygens (including phenoxy) is 1. The molecule has 2 N–H and O–H groups in total. The maximum absolute atomic E-state index is 11.9. The second kappa shape index (κ2) is 7.17. The van der Waals surface area contributed by atoms with Crippen LogP contribution in [0.2, 0.25) is 0 Å². The van der Waals surface area contributed by atoms with Crippen molar-refractivity contribution in [1.29, 1.82) is 0 Å². The van der Waals surface area contributed by atoms with E-state index < -0.39 is 15.4 Å². The minimum atomic E-state index is -3.04. The number of amides is 1. The van der Waals surface area contributed by atoms with E-state index in [-0.39, 0.29) is 18.4 Å². The number of aliphatic imine (C=N–C) groups is 1. The highest BCUT2D eigenvalue weighted by Crippen LogP contribution is 2.11. The molecule has 1 aliphatic rings. The normalized spacial score (nSPS) is 17.5. The molecule has 0 atom stereocenters. The first-order valence-corrected chi connectivity index (χ1v) is 9.24. The highest BCUT2D eigenvalue weighted by atomic mass is 32.2. The van der Waals surface area contributed by atoms with Crippen LogP contribution in [0.15, 0.2) is 4.99 Å². The third-order valence-electron chi connectivity index (χ3n) is 2.99. The Bertz CT molecular complexity index is 517. The van der Waals surface area contributed by atoms with Gasteiger partial charge in [0.05, 0.1) is 12.3 Å². The van der Waals surface area contributed by atoms with Crippen LogP contribution in [-0.4, -0.2) is 80.6 Å². The summed E-state index contributed by atoms with van der Waals surface area (Å²) >= 11 is 0. The van der Waals surface area contributed by atoms with Crippen molar-refractivity contribution in [2.45, 2.75) is 26.4 Å². The number of hydrogen-bond acceptors (Lipinski definition) is 5. The Hall–Kier alpha value is -1.51. The predicted octanol–water partition coefficient (Wildman–Crippen LogP) is -0.102. The van der Waals surface area contributed by atoms with Crippen molar-refractivity contribution in [2.75, 3.05) is 44.7 Å². The van der Waals surface area contributed by atoms with E-state index in [0.717, 1.165) is 6.26 Å². The number of nitrogens with two attached hydrogens (primary N) is 1. The zero-order chi connectivity index (χ0) is 17.0. The molecular formula is C13H26N4O4S. The molecule has 128 valence electrons. The standard InChI is InChI=1S/C13H26N4O4S/c1-13(2,3)21-12(18)17-8-6-16(7-9-17)11(14)15-5-10-22(4,19)20/h5-10H2,1-4H3,(H2,14,15). The van der Waals surface area contributed by atoms with E-state index in [4.69, 9.17) is 10.5 Å². The number of guanidine groups is 1. The fraction of sp³-hybridized carbons (Fsp3) is 0.846. The van der Waals surface area contributed by atoms with E-state index in [1.807, 2.05) is 25.7 Å². The van der Waals surface area contributed by atoms with Gasteiger partial charge in [-0.05, 0) is 20.8 Å². The van der Waals surface area contributed by atoms with Gasteiger partial charge in [0.25, 0.3) is 0 Å². The highest BCUT2D eigenvalue weighted by molar-refractivity contribution is 7.90. The van der Waals surface area contributed by atoms with Crippen molar-refractivity contribution in [1.82, 2.24) is 9.80 Å². The van der Waals surface area contributed by atoms with Crippen molar-refractivity contribution in [3.05, 3.63) is 0 Å². The van der Waals surface area contributed by atoms with Gasteiger partial charge in [-0.25, -0.2) is 13.2 Å². The summed E-state index contributed by atoms with van der Waals surface area (Å²) in [5.74, 6) is 0.290. The van der Waals surface area contributed by atoms with E-state index >= 15 is 0 Å². The van der Waals surface area contributed by atoms with Gasteiger partial charge in [-0.2, -0.15) is 0 Å². The van der Waals surface area contributed by atoms with Crippen molar-refractivity contribution in [3.8, 4) is 0 Å². The lowest BCUT2D eigenvalue weighted by molar-refractivity contribution is 0.0186. The summed E-state index contributed by atoms with van der Waals surface area (Å²) in [6.07, 6.45) is 0.831. The van der Waals surface area contributed by atoms with Crippen LogP contribution in [0.3, 0.4) is 0 Å². The monoisotopic (exact) mass is 334 g/mol. The maximum atomic E-state index is 11.9. The summed E-state index contributed by atoms with van der Waals surface area (Å²) in [5, 5.41) is 0. The van der Waals surface area contributed by atoms with Crippen LogP contribution in [0.1, 0.15) is 20.8 Å². The predicted molar refractivity (Wildman–Crippen MR) is 85.6 cm³/mol. The molecule has 0 spiro atoms. The Balaban J connectivity index is 2.44. The van der Waals surface area contributed by atoms with Gasteiger partial charge in [0.15, 0.2) is 5.96 Å². The lowest BCUT2D eigenvalue weighted by Crippen LogP contribution is -2.53. The van der Waals surface area contributed by atoms with Gasteiger partial charge in [0.2, 0.25) is 0 Å². The van der Waals surface area contributed by atoms with Gasteiger partial charge in [-0.3, -0.25) is 4.99 Å². The lowest BCUT2D eigenvalue weighted by atomic mass is 10.2. The summed E-state index contributed by atoms with van der Waals surface area (Å²) in [4.78, 5) is 19.5. The number of rotatable bonds is 3. The Morgan fingerprint density at radius 2 is 1.68 bits per heavy atom. The molecule has 1 amide bonds. The first-order chi connectivity index (χ1) is 9.98. The summed E-state index contributed by atoms with van der Waals surface area (Å²) in [6.45, 7) is 7.72. The number of carbonyl (C=O) groups is 1. The Morgan fingerprint density at radius 1 is 1.18 bits per heavy atom. The Labute approximate surface area is 132 Å². The van der Waals surface area contributed by atoms with Crippen molar-refractivity contribution >= 4 is 21.9 Å². The van der Waals surface area contributed by atoms with Crippen LogP contribution in [0.25, 0.3) is 0 Å². The second-order valence-electron chi connectivity index (χ2n) is 6.32. The molecule has 0 saturated carbocycles. The smallest absolute Gasteiger partial charge is 0.410 e. The molecule has 1 heterocycles. The van der Waals surface area contributed by atoms with Crippen molar-refractivity contribution < 1.29 is 17.9 Å². The molecule has 0 bridgehead atoms. The molecule has 8 nitrogen and oxygen atoms in total. The van der Waals surface area contributed by atoms with Crippen molar-refractivity contribution in [3.63, 3.8) is 0 Å².